The van der Waals surface area contributed by atoms with Crippen LogP contribution in [0.3, 0.4) is 0 Å². The first-order valence-corrected chi connectivity index (χ1v) is 8.24. The van der Waals surface area contributed by atoms with Crippen LogP contribution in [0.5, 0.6) is 5.75 Å². The maximum absolute atomic E-state index is 12.3. The quantitative estimate of drug-likeness (QED) is 0.863. The molecule has 1 aromatic carbocycles. The summed E-state index contributed by atoms with van der Waals surface area (Å²) in [6.07, 6.45) is 2.23. The molecule has 0 unspecified atom stereocenters. The summed E-state index contributed by atoms with van der Waals surface area (Å²) in [5.41, 5.74) is 0.487. The molecule has 1 aliphatic heterocycles. The van der Waals surface area contributed by atoms with E-state index in [9.17, 15) is 9.90 Å². The molecule has 126 valence electrons. The van der Waals surface area contributed by atoms with Crippen molar-refractivity contribution in [3.63, 3.8) is 0 Å². The standard InChI is InChI=1S/C18H25NO4/c1-17(2,3)23-16(20)19-10-11-22-15-13(12-19)6-4-7-14(15)18(21)8-5-9-18/h4,6-7,21H,5,8-12H2,1-3H3. The number of aliphatic hydroxyl groups is 1. The predicted molar refractivity (Wildman–Crippen MR) is 86.3 cm³/mol. The molecule has 0 saturated heterocycles. The second-order valence-electron chi connectivity index (χ2n) is 7.43. The van der Waals surface area contributed by atoms with Gasteiger partial charge in [-0.05, 0) is 40.0 Å². The summed E-state index contributed by atoms with van der Waals surface area (Å²) in [6.45, 7) is 6.89. The van der Waals surface area contributed by atoms with Crippen molar-refractivity contribution in [2.45, 2.75) is 57.8 Å². The van der Waals surface area contributed by atoms with E-state index in [0.717, 1.165) is 36.1 Å². The zero-order valence-electron chi connectivity index (χ0n) is 14.1. The van der Waals surface area contributed by atoms with Crippen molar-refractivity contribution in [3.8, 4) is 5.75 Å². The molecule has 1 heterocycles. The minimum absolute atomic E-state index is 0.332. The number of ether oxygens (including phenoxy) is 2. The molecule has 0 atom stereocenters. The molecule has 2 aliphatic rings. The molecular formula is C18H25NO4. The Morgan fingerprint density at radius 2 is 2.09 bits per heavy atom. The third-order valence-corrected chi connectivity index (χ3v) is 4.40. The topological polar surface area (TPSA) is 59.0 Å². The van der Waals surface area contributed by atoms with E-state index in [1.165, 1.54) is 0 Å². The van der Waals surface area contributed by atoms with E-state index < -0.39 is 11.2 Å². The smallest absolute Gasteiger partial charge is 0.410 e. The van der Waals surface area contributed by atoms with Crippen LogP contribution < -0.4 is 4.74 Å². The maximum Gasteiger partial charge on any atom is 0.410 e. The van der Waals surface area contributed by atoms with E-state index in [0.29, 0.717) is 19.7 Å². The van der Waals surface area contributed by atoms with Crippen molar-refractivity contribution in [2.75, 3.05) is 13.2 Å². The summed E-state index contributed by atoms with van der Waals surface area (Å²) in [5, 5.41) is 10.7. The van der Waals surface area contributed by atoms with Crippen molar-refractivity contribution in [1.29, 1.82) is 0 Å². The van der Waals surface area contributed by atoms with Gasteiger partial charge >= 0.3 is 6.09 Å². The Labute approximate surface area is 137 Å². The Balaban J connectivity index is 1.84. The Hall–Kier alpha value is -1.75. The van der Waals surface area contributed by atoms with Gasteiger partial charge < -0.3 is 19.5 Å². The molecule has 1 saturated carbocycles. The summed E-state index contributed by atoms with van der Waals surface area (Å²) in [7, 11) is 0. The van der Waals surface area contributed by atoms with Gasteiger partial charge in [0.1, 0.15) is 18.0 Å². The lowest BCUT2D eigenvalue weighted by Gasteiger charge is -2.38. The molecule has 0 spiro atoms. The van der Waals surface area contributed by atoms with E-state index in [2.05, 4.69) is 0 Å². The molecule has 5 heteroatoms. The molecule has 1 aromatic rings. The van der Waals surface area contributed by atoms with Gasteiger partial charge in [-0.3, -0.25) is 0 Å². The Morgan fingerprint density at radius 1 is 1.35 bits per heavy atom. The Morgan fingerprint density at radius 3 is 2.70 bits per heavy atom. The molecule has 23 heavy (non-hydrogen) atoms. The summed E-state index contributed by atoms with van der Waals surface area (Å²) < 4.78 is 11.4. The lowest BCUT2D eigenvalue weighted by atomic mass is 9.74. The molecule has 1 aliphatic carbocycles. The number of hydrogen-bond acceptors (Lipinski definition) is 4. The number of carbonyl (C=O) groups is 1. The zero-order valence-corrected chi connectivity index (χ0v) is 14.1. The monoisotopic (exact) mass is 319 g/mol. The SMILES string of the molecule is CC(C)(C)OC(=O)N1CCOc2c(cccc2C2(O)CCC2)C1. The van der Waals surface area contributed by atoms with Crippen LogP contribution >= 0.6 is 0 Å². The van der Waals surface area contributed by atoms with E-state index in [1.54, 1.807) is 4.90 Å². The molecule has 3 rings (SSSR count). The predicted octanol–water partition coefficient (Wildman–Crippen LogP) is 3.19. The molecule has 5 nitrogen and oxygen atoms in total. The lowest BCUT2D eigenvalue weighted by Crippen LogP contribution is -2.37. The molecule has 0 bridgehead atoms. The van der Waals surface area contributed by atoms with Crippen molar-refractivity contribution in [3.05, 3.63) is 29.3 Å². The van der Waals surface area contributed by atoms with Crippen molar-refractivity contribution < 1.29 is 19.4 Å². The van der Waals surface area contributed by atoms with Crippen LogP contribution in [0.25, 0.3) is 0 Å². The van der Waals surface area contributed by atoms with Crippen molar-refractivity contribution in [1.82, 2.24) is 4.90 Å². The number of carbonyl (C=O) groups excluding carboxylic acids is 1. The van der Waals surface area contributed by atoms with Gasteiger partial charge in [0, 0.05) is 11.1 Å². The van der Waals surface area contributed by atoms with Crippen molar-refractivity contribution >= 4 is 6.09 Å². The largest absolute Gasteiger partial charge is 0.491 e. The highest BCUT2D eigenvalue weighted by Gasteiger charge is 2.39. The van der Waals surface area contributed by atoms with Gasteiger partial charge in [0.2, 0.25) is 0 Å². The second-order valence-corrected chi connectivity index (χ2v) is 7.43. The fraction of sp³-hybridized carbons (Fsp3) is 0.611. The van der Waals surface area contributed by atoms with Crippen LogP contribution in [0, 0.1) is 0 Å². The van der Waals surface area contributed by atoms with Gasteiger partial charge in [0.25, 0.3) is 0 Å². The molecule has 1 fully saturated rings. The van der Waals surface area contributed by atoms with Gasteiger partial charge in [-0.2, -0.15) is 0 Å². The molecular weight excluding hydrogens is 294 g/mol. The van der Waals surface area contributed by atoms with E-state index in [4.69, 9.17) is 9.47 Å². The van der Waals surface area contributed by atoms with E-state index in [-0.39, 0.29) is 6.09 Å². The fourth-order valence-electron chi connectivity index (χ4n) is 3.05. The molecule has 0 aromatic heterocycles. The summed E-state index contributed by atoms with van der Waals surface area (Å²) in [5.74, 6) is 0.737. The fourth-order valence-corrected chi connectivity index (χ4v) is 3.05. The third kappa shape index (κ3) is 3.29. The van der Waals surface area contributed by atoms with E-state index >= 15 is 0 Å². The maximum atomic E-state index is 12.3. The summed E-state index contributed by atoms with van der Waals surface area (Å²) in [6, 6.07) is 5.80. The van der Waals surface area contributed by atoms with Crippen LogP contribution in [-0.4, -0.2) is 34.9 Å². The minimum Gasteiger partial charge on any atom is -0.491 e. The van der Waals surface area contributed by atoms with E-state index in [1.807, 2.05) is 39.0 Å². The molecule has 0 radical (unpaired) electrons. The highest BCUT2D eigenvalue weighted by molar-refractivity contribution is 5.68. The average Bonchev–Trinajstić information content (AvgIpc) is 2.64. The van der Waals surface area contributed by atoms with Crippen LogP contribution in [0.1, 0.15) is 51.2 Å². The normalized spacial score (nSPS) is 19.9. The summed E-state index contributed by atoms with van der Waals surface area (Å²) in [4.78, 5) is 14.0. The summed E-state index contributed by atoms with van der Waals surface area (Å²) >= 11 is 0. The van der Waals surface area contributed by atoms with Gasteiger partial charge in [-0.1, -0.05) is 18.2 Å². The molecule has 1 N–H and O–H groups in total. The zero-order chi connectivity index (χ0) is 16.7. The van der Waals surface area contributed by atoms with Crippen LogP contribution in [0.4, 0.5) is 4.79 Å². The molecule has 1 amide bonds. The number of fused-ring (bicyclic) bond motifs is 1. The highest BCUT2D eigenvalue weighted by Crippen LogP contribution is 2.46. The number of nitrogens with zero attached hydrogens (tertiary/aromatic N) is 1. The third-order valence-electron chi connectivity index (χ3n) is 4.40. The van der Waals surface area contributed by atoms with Gasteiger partial charge in [-0.25, -0.2) is 4.79 Å². The first-order chi connectivity index (χ1) is 10.8. The number of amides is 1. The van der Waals surface area contributed by atoms with Crippen LogP contribution in [-0.2, 0) is 16.9 Å². The first kappa shape index (κ1) is 16.1. The Kier molecular flexibility index (Phi) is 4.00. The number of rotatable bonds is 1. The van der Waals surface area contributed by atoms with Gasteiger partial charge in [-0.15, -0.1) is 0 Å². The average molecular weight is 319 g/mol. The number of benzene rings is 1. The minimum atomic E-state index is -0.771. The lowest BCUT2D eigenvalue weighted by molar-refractivity contribution is -0.0408. The number of hydrogen-bond donors (Lipinski definition) is 1. The first-order valence-electron chi connectivity index (χ1n) is 8.24. The van der Waals surface area contributed by atoms with Crippen LogP contribution in [0.2, 0.25) is 0 Å². The van der Waals surface area contributed by atoms with Crippen molar-refractivity contribution in [2.24, 2.45) is 0 Å². The Bertz CT molecular complexity index is 602. The number of para-hydroxylation sites is 1. The van der Waals surface area contributed by atoms with Gasteiger partial charge in [0.05, 0.1) is 18.7 Å². The van der Waals surface area contributed by atoms with Crippen LogP contribution in [0.15, 0.2) is 18.2 Å². The highest BCUT2D eigenvalue weighted by atomic mass is 16.6. The van der Waals surface area contributed by atoms with Gasteiger partial charge in [0.15, 0.2) is 0 Å². The second kappa shape index (κ2) is 5.71.